The van der Waals surface area contributed by atoms with Crippen molar-refractivity contribution in [2.75, 3.05) is 20.1 Å². The summed E-state index contributed by atoms with van der Waals surface area (Å²) < 4.78 is 0. The second-order valence-corrected chi connectivity index (χ2v) is 4.96. The van der Waals surface area contributed by atoms with Crippen molar-refractivity contribution in [2.45, 2.75) is 57.9 Å². The lowest BCUT2D eigenvalue weighted by Gasteiger charge is -2.29. The quantitative estimate of drug-likeness (QED) is 0.704. The van der Waals surface area contributed by atoms with E-state index in [0.29, 0.717) is 12.5 Å². The average Bonchev–Trinajstić information content (AvgIpc) is 2.28. The molecule has 0 aromatic heterocycles. The van der Waals surface area contributed by atoms with Gasteiger partial charge in [0.15, 0.2) is 0 Å². The summed E-state index contributed by atoms with van der Waals surface area (Å²) in [6.07, 6.45) is 7.66. The number of nitrogens with one attached hydrogen (secondary N) is 1. The van der Waals surface area contributed by atoms with E-state index >= 15 is 0 Å². The van der Waals surface area contributed by atoms with Crippen LogP contribution in [0.5, 0.6) is 0 Å². The monoisotopic (exact) mass is 226 g/mol. The summed E-state index contributed by atoms with van der Waals surface area (Å²) >= 11 is 0. The van der Waals surface area contributed by atoms with E-state index < -0.39 is 0 Å². The second-order valence-electron chi connectivity index (χ2n) is 4.96. The van der Waals surface area contributed by atoms with E-state index in [-0.39, 0.29) is 5.91 Å². The number of rotatable bonds is 6. The van der Waals surface area contributed by atoms with Crippen LogP contribution in [-0.2, 0) is 4.79 Å². The Morgan fingerprint density at radius 2 is 1.94 bits per heavy atom. The van der Waals surface area contributed by atoms with Gasteiger partial charge in [-0.05, 0) is 39.4 Å². The molecule has 3 nitrogen and oxygen atoms in total. The minimum absolute atomic E-state index is 0.255. The van der Waals surface area contributed by atoms with Crippen LogP contribution in [-0.4, -0.2) is 37.0 Å². The number of unbranched alkanes of at least 4 members (excludes halogenated alkanes) is 3. The van der Waals surface area contributed by atoms with Gasteiger partial charge in [-0.1, -0.05) is 26.2 Å². The first kappa shape index (κ1) is 13.5. The number of likely N-dealkylation sites (tertiary alicyclic amines) is 1. The van der Waals surface area contributed by atoms with Crippen LogP contribution in [0.2, 0.25) is 0 Å². The van der Waals surface area contributed by atoms with Crippen LogP contribution in [0.15, 0.2) is 0 Å². The van der Waals surface area contributed by atoms with Crippen molar-refractivity contribution in [3.8, 4) is 0 Å². The molecule has 1 saturated heterocycles. The van der Waals surface area contributed by atoms with Gasteiger partial charge in [-0.25, -0.2) is 0 Å². The minimum Gasteiger partial charge on any atom is -0.353 e. The van der Waals surface area contributed by atoms with E-state index in [1.807, 2.05) is 0 Å². The molecule has 1 N–H and O–H groups in total. The van der Waals surface area contributed by atoms with E-state index in [1.54, 1.807) is 0 Å². The van der Waals surface area contributed by atoms with Crippen LogP contribution in [0.1, 0.15) is 51.9 Å². The molecule has 1 fully saturated rings. The van der Waals surface area contributed by atoms with Crippen molar-refractivity contribution in [1.29, 1.82) is 0 Å². The van der Waals surface area contributed by atoms with Gasteiger partial charge in [0.05, 0.1) is 0 Å². The third-order valence-corrected chi connectivity index (χ3v) is 3.34. The lowest BCUT2D eigenvalue weighted by molar-refractivity contribution is -0.122. The summed E-state index contributed by atoms with van der Waals surface area (Å²) in [6.45, 7) is 4.42. The maximum Gasteiger partial charge on any atom is 0.220 e. The molecule has 0 saturated carbocycles. The Balaban J connectivity index is 2.05. The highest BCUT2D eigenvalue weighted by Crippen LogP contribution is 2.09. The van der Waals surface area contributed by atoms with Crippen molar-refractivity contribution in [3.63, 3.8) is 0 Å². The summed E-state index contributed by atoms with van der Waals surface area (Å²) in [5.74, 6) is 0.255. The van der Waals surface area contributed by atoms with E-state index in [9.17, 15) is 4.79 Å². The zero-order valence-electron chi connectivity index (χ0n) is 10.8. The average molecular weight is 226 g/mol. The zero-order valence-corrected chi connectivity index (χ0v) is 10.8. The Hall–Kier alpha value is -0.570. The summed E-state index contributed by atoms with van der Waals surface area (Å²) in [6, 6.07) is 0.426. The molecular formula is C13H26N2O. The molecule has 1 rings (SSSR count). The third-order valence-electron chi connectivity index (χ3n) is 3.34. The zero-order chi connectivity index (χ0) is 11.8. The molecule has 1 amide bonds. The number of hydrogen-bond acceptors (Lipinski definition) is 2. The van der Waals surface area contributed by atoms with Crippen molar-refractivity contribution in [1.82, 2.24) is 10.2 Å². The molecule has 0 aliphatic carbocycles. The van der Waals surface area contributed by atoms with Crippen molar-refractivity contribution < 1.29 is 4.79 Å². The molecule has 16 heavy (non-hydrogen) atoms. The van der Waals surface area contributed by atoms with Crippen LogP contribution in [0.4, 0.5) is 0 Å². The topological polar surface area (TPSA) is 32.3 Å². The Bertz CT molecular complexity index is 198. The van der Waals surface area contributed by atoms with Gasteiger partial charge >= 0.3 is 0 Å². The number of carbonyl (C=O) groups excluding carboxylic acids is 1. The standard InChI is InChI=1S/C13H26N2O/c1-3-4-5-6-7-13(16)14-12-8-10-15(2)11-9-12/h12H,3-11H2,1-2H3,(H,14,16). The van der Waals surface area contributed by atoms with Gasteiger partial charge in [0, 0.05) is 12.5 Å². The van der Waals surface area contributed by atoms with Gasteiger partial charge in [-0.3, -0.25) is 4.79 Å². The van der Waals surface area contributed by atoms with Crippen molar-refractivity contribution in [3.05, 3.63) is 0 Å². The number of hydrogen-bond donors (Lipinski definition) is 1. The SMILES string of the molecule is CCCCCCC(=O)NC1CCN(C)CC1. The molecule has 0 radical (unpaired) electrons. The van der Waals surface area contributed by atoms with Crippen LogP contribution in [0.25, 0.3) is 0 Å². The highest BCUT2D eigenvalue weighted by atomic mass is 16.1. The number of nitrogens with zero attached hydrogens (tertiary/aromatic N) is 1. The maximum absolute atomic E-state index is 11.6. The van der Waals surface area contributed by atoms with Crippen LogP contribution < -0.4 is 5.32 Å². The molecule has 0 aromatic rings. The van der Waals surface area contributed by atoms with Crippen LogP contribution in [0, 0.1) is 0 Å². The van der Waals surface area contributed by atoms with Crippen molar-refractivity contribution >= 4 is 5.91 Å². The molecule has 1 aliphatic rings. The fourth-order valence-corrected chi connectivity index (χ4v) is 2.17. The smallest absolute Gasteiger partial charge is 0.220 e. The first-order valence-electron chi connectivity index (χ1n) is 6.70. The molecular weight excluding hydrogens is 200 g/mol. The summed E-state index contributed by atoms with van der Waals surface area (Å²) in [5, 5.41) is 3.15. The summed E-state index contributed by atoms with van der Waals surface area (Å²) in [5.41, 5.74) is 0. The van der Waals surface area contributed by atoms with Gasteiger partial charge in [0.25, 0.3) is 0 Å². The van der Waals surface area contributed by atoms with Crippen LogP contribution in [0.3, 0.4) is 0 Å². The lowest BCUT2D eigenvalue weighted by atomic mass is 10.1. The first-order valence-corrected chi connectivity index (χ1v) is 6.70. The molecule has 0 bridgehead atoms. The predicted octanol–water partition coefficient (Wildman–Crippen LogP) is 2.17. The highest BCUT2D eigenvalue weighted by Gasteiger charge is 2.17. The summed E-state index contributed by atoms with van der Waals surface area (Å²) in [7, 11) is 2.14. The van der Waals surface area contributed by atoms with Gasteiger partial charge in [0.1, 0.15) is 0 Å². The van der Waals surface area contributed by atoms with Crippen molar-refractivity contribution in [2.24, 2.45) is 0 Å². The molecule has 3 heteroatoms. The lowest BCUT2D eigenvalue weighted by Crippen LogP contribution is -2.43. The minimum atomic E-state index is 0.255. The normalized spacial score (nSPS) is 18.6. The molecule has 94 valence electrons. The predicted molar refractivity (Wildman–Crippen MR) is 67.4 cm³/mol. The Kier molecular flexibility index (Phi) is 6.46. The Labute approximate surface area is 99.6 Å². The molecule has 0 spiro atoms. The first-order chi connectivity index (χ1) is 7.72. The number of amides is 1. The van der Waals surface area contributed by atoms with Gasteiger partial charge in [-0.2, -0.15) is 0 Å². The van der Waals surface area contributed by atoms with Gasteiger partial charge < -0.3 is 10.2 Å². The fraction of sp³-hybridized carbons (Fsp3) is 0.923. The fourth-order valence-electron chi connectivity index (χ4n) is 2.17. The molecule has 0 unspecified atom stereocenters. The molecule has 0 atom stereocenters. The molecule has 1 heterocycles. The Morgan fingerprint density at radius 1 is 1.25 bits per heavy atom. The van der Waals surface area contributed by atoms with E-state index in [0.717, 1.165) is 32.4 Å². The molecule has 1 aliphatic heterocycles. The highest BCUT2D eigenvalue weighted by molar-refractivity contribution is 5.76. The maximum atomic E-state index is 11.6. The second kappa shape index (κ2) is 7.66. The van der Waals surface area contributed by atoms with Gasteiger partial charge in [0.2, 0.25) is 5.91 Å². The number of piperidine rings is 1. The number of carbonyl (C=O) groups is 1. The van der Waals surface area contributed by atoms with E-state index in [4.69, 9.17) is 0 Å². The van der Waals surface area contributed by atoms with E-state index in [2.05, 4.69) is 24.2 Å². The summed E-state index contributed by atoms with van der Waals surface area (Å²) in [4.78, 5) is 14.0. The van der Waals surface area contributed by atoms with Gasteiger partial charge in [-0.15, -0.1) is 0 Å². The van der Waals surface area contributed by atoms with E-state index in [1.165, 1.54) is 19.3 Å². The third kappa shape index (κ3) is 5.50. The molecule has 0 aromatic carbocycles. The largest absolute Gasteiger partial charge is 0.353 e. The Morgan fingerprint density at radius 3 is 2.56 bits per heavy atom. The van der Waals surface area contributed by atoms with Crippen LogP contribution >= 0.6 is 0 Å².